The summed E-state index contributed by atoms with van der Waals surface area (Å²) in [5.74, 6) is -0.430. The van der Waals surface area contributed by atoms with Crippen LogP contribution in [0.5, 0.6) is 0 Å². The lowest BCUT2D eigenvalue weighted by Gasteiger charge is -2.38. The third-order valence-electron chi connectivity index (χ3n) is 4.22. The molecule has 3 aromatic rings. The van der Waals surface area contributed by atoms with Crippen molar-refractivity contribution in [1.29, 1.82) is 0 Å². The van der Waals surface area contributed by atoms with Crippen LogP contribution in [-0.4, -0.2) is 34.1 Å². The molecule has 2 aromatic heterocycles. The van der Waals surface area contributed by atoms with Crippen molar-refractivity contribution < 1.29 is 9.18 Å². The minimum atomic E-state index is -0.257. The van der Waals surface area contributed by atoms with Crippen LogP contribution in [0, 0.1) is 5.82 Å². The van der Waals surface area contributed by atoms with E-state index in [0.717, 1.165) is 21.2 Å². The molecule has 4 rings (SSSR count). The molecule has 0 saturated heterocycles. The molecule has 0 spiro atoms. The van der Waals surface area contributed by atoms with E-state index >= 15 is 0 Å². The van der Waals surface area contributed by atoms with Crippen LogP contribution in [0.2, 0.25) is 0 Å². The van der Waals surface area contributed by atoms with Crippen molar-refractivity contribution in [1.82, 2.24) is 14.6 Å². The lowest BCUT2D eigenvalue weighted by Crippen LogP contribution is -2.48. The number of hydrogen-bond acceptors (Lipinski definition) is 3. The van der Waals surface area contributed by atoms with Gasteiger partial charge in [-0.1, -0.05) is 0 Å². The molecule has 5 nitrogen and oxygen atoms in total. The number of amides is 1. The highest BCUT2D eigenvalue weighted by Crippen LogP contribution is 2.28. The molecule has 0 bridgehead atoms. The second-order valence-corrected chi connectivity index (χ2v) is 6.64. The van der Waals surface area contributed by atoms with Crippen LogP contribution in [0.15, 0.2) is 47.1 Å². The standard InChI is InChI=1S/C17H14BrFN4O/c1-21-16-5-3-13(19)8-11(16)6-7-23(21)17(24)15-9-14-4-2-12(18)10-22(14)20-15/h2-5,8-10H,6-7H2,1H3. The Morgan fingerprint density at radius 3 is 2.92 bits per heavy atom. The van der Waals surface area contributed by atoms with E-state index in [-0.39, 0.29) is 11.7 Å². The Hall–Kier alpha value is -2.41. The Morgan fingerprint density at radius 1 is 1.25 bits per heavy atom. The highest BCUT2D eigenvalue weighted by molar-refractivity contribution is 9.10. The Labute approximate surface area is 146 Å². The number of anilines is 1. The fourth-order valence-electron chi connectivity index (χ4n) is 3.01. The molecule has 0 unspecified atom stereocenters. The van der Waals surface area contributed by atoms with Crippen molar-refractivity contribution in [2.45, 2.75) is 6.42 Å². The minimum Gasteiger partial charge on any atom is -0.285 e. The van der Waals surface area contributed by atoms with Crippen molar-refractivity contribution in [2.24, 2.45) is 0 Å². The topological polar surface area (TPSA) is 40.9 Å². The van der Waals surface area contributed by atoms with E-state index in [1.807, 2.05) is 18.3 Å². The zero-order valence-electron chi connectivity index (χ0n) is 12.9. The van der Waals surface area contributed by atoms with Gasteiger partial charge >= 0.3 is 0 Å². The first-order valence-corrected chi connectivity index (χ1v) is 8.31. The quantitative estimate of drug-likeness (QED) is 0.642. The van der Waals surface area contributed by atoms with E-state index < -0.39 is 0 Å². The van der Waals surface area contributed by atoms with E-state index in [1.165, 1.54) is 12.1 Å². The van der Waals surface area contributed by atoms with Crippen molar-refractivity contribution in [2.75, 3.05) is 18.6 Å². The third kappa shape index (κ3) is 2.45. The second-order valence-electron chi connectivity index (χ2n) is 5.72. The maximum Gasteiger partial charge on any atom is 0.292 e. The summed E-state index contributed by atoms with van der Waals surface area (Å²) in [6.45, 7) is 0.489. The van der Waals surface area contributed by atoms with Crippen molar-refractivity contribution in [3.05, 3.63) is 64.1 Å². The van der Waals surface area contributed by atoms with Gasteiger partial charge in [-0.3, -0.25) is 9.80 Å². The Kier molecular flexibility index (Phi) is 3.53. The first-order chi connectivity index (χ1) is 11.5. The summed E-state index contributed by atoms with van der Waals surface area (Å²) in [4.78, 5) is 12.9. The first kappa shape index (κ1) is 15.1. The molecular weight excluding hydrogens is 375 g/mol. The average Bonchev–Trinajstić information content (AvgIpc) is 2.97. The van der Waals surface area contributed by atoms with Gasteiger partial charge in [-0.05, 0) is 64.3 Å². The van der Waals surface area contributed by atoms with Gasteiger partial charge < -0.3 is 0 Å². The molecule has 122 valence electrons. The molecule has 0 saturated carbocycles. The number of carbonyl (C=O) groups excluding carboxylic acids is 1. The maximum absolute atomic E-state index is 13.4. The SMILES string of the molecule is CN1c2ccc(F)cc2CCN1C(=O)c1cc2ccc(Br)cn2n1. The van der Waals surface area contributed by atoms with Crippen molar-refractivity contribution in [3.8, 4) is 0 Å². The van der Waals surface area contributed by atoms with Gasteiger partial charge in [-0.2, -0.15) is 5.10 Å². The van der Waals surface area contributed by atoms with E-state index in [0.29, 0.717) is 18.7 Å². The lowest BCUT2D eigenvalue weighted by molar-refractivity contribution is 0.0732. The molecule has 7 heteroatoms. The molecule has 1 aliphatic rings. The number of carbonyl (C=O) groups is 1. The largest absolute Gasteiger partial charge is 0.292 e. The summed E-state index contributed by atoms with van der Waals surface area (Å²) < 4.78 is 15.9. The number of halogens is 2. The van der Waals surface area contributed by atoms with Crippen LogP contribution in [-0.2, 0) is 6.42 Å². The van der Waals surface area contributed by atoms with Crippen molar-refractivity contribution in [3.63, 3.8) is 0 Å². The number of hydrogen-bond donors (Lipinski definition) is 0. The third-order valence-corrected chi connectivity index (χ3v) is 4.69. The summed E-state index contributed by atoms with van der Waals surface area (Å²) in [7, 11) is 1.81. The zero-order chi connectivity index (χ0) is 16.8. The van der Waals surface area contributed by atoms with Crippen LogP contribution >= 0.6 is 15.9 Å². The molecule has 0 fully saturated rings. The van der Waals surface area contributed by atoms with Crippen molar-refractivity contribution >= 4 is 33.0 Å². The first-order valence-electron chi connectivity index (χ1n) is 7.52. The van der Waals surface area contributed by atoms with E-state index in [1.54, 1.807) is 33.7 Å². The normalized spacial score (nSPS) is 14.1. The monoisotopic (exact) mass is 388 g/mol. The number of aromatic nitrogens is 2. The van der Waals surface area contributed by atoms with E-state index in [4.69, 9.17) is 0 Å². The van der Waals surface area contributed by atoms with Crippen LogP contribution in [0.4, 0.5) is 10.1 Å². The van der Waals surface area contributed by atoms with Gasteiger partial charge in [-0.25, -0.2) is 13.9 Å². The summed E-state index contributed by atoms with van der Waals surface area (Å²) >= 11 is 3.39. The fraction of sp³-hybridized carbons (Fsp3) is 0.176. The molecule has 1 amide bonds. The number of rotatable bonds is 1. The molecule has 3 heterocycles. The Morgan fingerprint density at radius 2 is 2.08 bits per heavy atom. The molecule has 1 aliphatic heterocycles. The van der Waals surface area contributed by atoms with Gasteiger partial charge in [0.25, 0.3) is 5.91 Å². The predicted molar refractivity (Wildman–Crippen MR) is 92.4 cm³/mol. The predicted octanol–water partition coefficient (Wildman–Crippen LogP) is 3.29. The van der Waals surface area contributed by atoms with Gasteiger partial charge in [0.1, 0.15) is 5.82 Å². The fourth-order valence-corrected chi connectivity index (χ4v) is 3.34. The smallest absolute Gasteiger partial charge is 0.285 e. The molecule has 0 radical (unpaired) electrons. The van der Waals surface area contributed by atoms with Gasteiger partial charge in [0.05, 0.1) is 11.2 Å². The Balaban J connectivity index is 1.67. The average molecular weight is 389 g/mol. The van der Waals surface area contributed by atoms with E-state index in [9.17, 15) is 9.18 Å². The van der Waals surface area contributed by atoms with Gasteiger partial charge in [0, 0.05) is 24.3 Å². The van der Waals surface area contributed by atoms with E-state index in [2.05, 4.69) is 21.0 Å². The number of nitrogens with zero attached hydrogens (tertiary/aromatic N) is 4. The molecule has 0 aliphatic carbocycles. The minimum absolute atomic E-state index is 0.174. The Bertz CT molecular complexity index is 955. The second kappa shape index (κ2) is 5.59. The number of benzene rings is 1. The molecular formula is C17H14BrFN4O. The molecule has 0 atom stereocenters. The lowest BCUT2D eigenvalue weighted by atomic mass is 10.1. The summed E-state index contributed by atoms with van der Waals surface area (Å²) in [5.41, 5.74) is 2.97. The molecule has 1 aromatic carbocycles. The van der Waals surface area contributed by atoms with Crippen LogP contribution in [0.25, 0.3) is 5.52 Å². The summed E-state index contributed by atoms with van der Waals surface area (Å²) in [6, 6.07) is 10.2. The van der Waals surface area contributed by atoms with Crippen LogP contribution in [0.3, 0.4) is 0 Å². The molecule has 0 N–H and O–H groups in total. The van der Waals surface area contributed by atoms with Crippen LogP contribution in [0.1, 0.15) is 16.1 Å². The van der Waals surface area contributed by atoms with Gasteiger partial charge in [0.2, 0.25) is 0 Å². The number of fused-ring (bicyclic) bond motifs is 2. The highest BCUT2D eigenvalue weighted by atomic mass is 79.9. The zero-order valence-corrected chi connectivity index (χ0v) is 14.5. The highest BCUT2D eigenvalue weighted by Gasteiger charge is 2.28. The van der Waals surface area contributed by atoms with Crippen LogP contribution < -0.4 is 5.01 Å². The summed E-state index contributed by atoms with van der Waals surface area (Å²) in [6.07, 6.45) is 2.42. The summed E-state index contributed by atoms with van der Waals surface area (Å²) in [5, 5.41) is 7.76. The van der Waals surface area contributed by atoms with Gasteiger partial charge in [-0.15, -0.1) is 0 Å². The number of hydrazine groups is 1. The number of pyridine rings is 1. The maximum atomic E-state index is 13.4. The van der Waals surface area contributed by atoms with Gasteiger partial charge in [0.15, 0.2) is 5.69 Å². The molecule has 24 heavy (non-hydrogen) atoms.